The fourth-order valence-corrected chi connectivity index (χ4v) is 7.25. The first-order valence-corrected chi connectivity index (χ1v) is 8.22. The van der Waals surface area contributed by atoms with Gasteiger partial charge < -0.3 is 0 Å². The third-order valence-corrected chi connectivity index (χ3v) is 9.26. The summed E-state index contributed by atoms with van der Waals surface area (Å²) in [6.07, 6.45) is 0.862. The van der Waals surface area contributed by atoms with Crippen molar-refractivity contribution in [3.8, 4) is 0 Å². The smallest absolute Gasteiger partial charge is 0.109 e. The predicted molar refractivity (Wildman–Crippen MR) is 81.0 cm³/mol. The van der Waals surface area contributed by atoms with Crippen LogP contribution >= 0.6 is 92.8 Å². The summed E-state index contributed by atoms with van der Waals surface area (Å²) in [5, 5.41) is 0.413. The maximum absolute atomic E-state index is 6.61. The minimum Gasteiger partial charge on any atom is -0.109 e. The van der Waals surface area contributed by atoms with Crippen molar-refractivity contribution in [3.63, 3.8) is 0 Å². The van der Waals surface area contributed by atoms with Gasteiger partial charge in [-0.15, -0.1) is 46.4 Å². The van der Waals surface area contributed by atoms with Gasteiger partial charge in [-0.05, 0) is 24.7 Å². The van der Waals surface area contributed by atoms with E-state index in [1.807, 2.05) is 0 Å². The summed E-state index contributed by atoms with van der Waals surface area (Å²) in [6, 6.07) is 0. The number of allylic oxidation sites excluding steroid dienone is 2. The molecule has 0 aliphatic heterocycles. The molecule has 8 heteroatoms. The maximum Gasteiger partial charge on any atom is 0.166 e. The Morgan fingerprint density at radius 2 is 1.06 bits per heavy atom. The summed E-state index contributed by atoms with van der Waals surface area (Å²) >= 11 is 50.8. The molecule has 0 radical (unpaired) electrons. The highest BCUT2D eigenvalue weighted by Crippen LogP contribution is 2.80. The SMILES string of the molecule is ClC1=C(Cl)[C@]2(Cl)C3CC(Cl)(Cl)CC3[C@@]1(Cl)C2(Cl)Cl. The van der Waals surface area contributed by atoms with Gasteiger partial charge in [0.25, 0.3) is 0 Å². The molecule has 0 aromatic rings. The molecule has 0 aromatic carbocycles. The summed E-state index contributed by atoms with van der Waals surface area (Å²) in [5.74, 6) is -0.395. The van der Waals surface area contributed by atoms with Crippen LogP contribution in [-0.2, 0) is 0 Å². The summed E-state index contributed by atoms with van der Waals surface area (Å²) in [4.78, 5) is -2.46. The molecule has 3 aliphatic rings. The molecule has 102 valence electrons. The van der Waals surface area contributed by atoms with Gasteiger partial charge >= 0.3 is 0 Å². The lowest BCUT2D eigenvalue weighted by Crippen LogP contribution is -2.46. The molecule has 0 spiro atoms. The quantitative estimate of drug-likeness (QED) is 0.428. The molecule has 0 nitrogen and oxygen atoms in total. The second kappa shape index (κ2) is 3.87. The topological polar surface area (TPSA) is 0 Å². The van der Waals surface area contributed by atoms with Crippen molar-refractivity contribution in [2.75, 3.05) is 0 Å². The molecule has 18 heavy (non-hydrogen) atoms. The first kappa shape index (κ1) is 15.0. The fourth-order valence-electron chi connectivity index (χ4n) is 3.50. The number of rotatable bonds is 0. The van der Waals surface area contributed by atoms with E-state index in [0.717, 1.165) is 0 Å². The molecule has 2 unspecified atom stereocenters. The normalized spacial score (nSPS) is 52.0. The minimum absolute atomic E-state index is 0.198. The zero-order chi connectivity index (χ0) is 13.7. The van der Waals surface area contributed by atoms with Crippen LogP contribution in [0.3, 0.4) is 0 Å². The van der Waals surface area contributed by atoms with Gasteiger partial charge in [-0.1, -0.05) is 46.4 Å². The van der Waals surface area contributed by atoms with Crippen LogP contribution in [0, 0.1) is 11.8 Å². The van der Waals surface area contributed by atoms with Crippen molar-refractivity contribution in [2.24, 2.45) is 11.8 Å². The Morgan fingerprint density at radius 1 is 0.722 bits per heavy atom. The molecule has 3 rings (SSSR count). The van der Waals surface area contributed by atoms with E-state index >= 15 is 0 Å². The molecule has 0 amide bonds. The van der Waals surface area contributed by atoms with Gasteiger partial charge in [0, 0.05) is 0 Å². The number of hydrogen-bond donors (Lipinski definition) is 0. The third-order valence-electron chi connectivity index (χ3n) is 4.29. The molecule has 2 fully saturated rings. The lowest BCUT2D eigenvalue weighted by Gasteiger charge is -2.35. The van der Waals surface area contributed by atoms with E-state index in [4.69, 9.17) is 92.8 Å². The van der Waals surface area contributed by atoms with Gasteiger partial charge in [-0.25, -0.2) is 0 Å². The highest BCUT2D eigenvalue weighted by atomic mass is 35.5. The van der Waals surface area contributed by atoms with Crippen molar-refractivity contribution in [2.45, 2.75) is 31.3 Å². The van der Waals surface area contributed by atoms with Crippen LogP contribution < -0.4 is 0 Å². The molecule has 2 saturated carbocycles. The van der Waals surface area contributed by atoms with E-state index in [2.05, 4.69) is 0 Å². The first-order chi connectivity index (χ1) is 8.00. The van der Waals surface area contributed by atoms with Crippen LogP contribution in [0.25, 0.3) is 0 Å². The first-order valence-electron chi connectivity index (χ1n) is 5.20. The van der Waals surface area contributed by atoms with E-state index in [0.29, 0.717) is 12.8 Å². The highest BCUT2D eigenvalue weighted by Gasteiger charge is 2.84. The Balaban J connectivity index is 2.23. The van der Waals surface area contributed by atoms with E-state index in [-0.39, 0.29) is 21.9 Å². The van der Waals surface area contributed by atoms with Gasteiger partial charge in [0.15, 0.2) is 4.33 Å². The van der Waals surface area contributed by atoms with Crippen molar-refractivity contribution in [1.29, 1.82) is 0 Å². The van der Waals surface area contributed by atoms with Crippen molar-refractivity contribution in [1.82, 2.24) is 0 Å². The van der Waals surface area contributed by atoms with Crippen LogP contribution in [0.5, 0.6) is 0 Å². The number of halogens is 8. The molecule has 0 aromatic heterocycles. The minimum atomic E-state index is -1.48. The average Bonchev–Trinajstić information content (AvgIpc) is 2.67. The van der Waals surface area contributed by atoms with E-state index in [1.165, 1.54) is 0 Å². The zero-order valence-corrected chi connectivity index (χ0v) is 14.6. The lowest BCUT2D eigenvalue weighted by molar-refractivity contribution is 0.382. The molecule has 0 heterocycles. The largest absolute Gasteiger partial charge is 0.166 e. The van der Waals surface area contributed by atoms with Crippen LogP contribution in [0.4, 0.5) is 0 Å². The molecule has 0 saturated heterocycles. The van der Waals surface area contributed by atoms with Gasteiger partial charge in [0.1, 0.15) is 14.1 Å². The van der Waals surface area contributed by atoms with Crippen LogP contribution in [0.15, 0.2) is 10.1 Å². The predicted octanol–water partition coefficient (Wildman–Crippen LogP) is 6.03. The Kier molecular flexibility index (Phi) is 3.22. The third kappa shape index (κ3) is 1.36. The van der Waals surface area contributed by atoms with Crippen LogP contribution in [0.2, 0.25) is 0 Å². The van der Waals surface area contributed by atoms with E-state index in [1.54, 1.807) is 0 Å². The van der Waals surface area contributed by atoms with Crippen molar-refractivity contribution < 1.29 is 0 Å². The monoisotopic (exact) mass is 406 g/mol. The standard InChI is InChI=1S/C10H6Cl8/c11-5-6(12)9(16)4-2-7(13,14)1-3(4)8(5,15)10(9,17)18/h3-4H,1-2H2/t3?,4?,8-,9+. The Bertz CT molecular complexity index is 430. The molecule has 4 atom stereocenters. The molecule has 3 aliphatic carbocycles. The van der Waals surface area contributed by atoms with Gasteiger partial charge in [0.05, 0.1) is 10.1 Å². The van der Waals surface area contributed by atoms with Gasteiger partial charge in [-0.2, -0.15) is 0 Å². The average molecular weight is 410 g/mol. The fraction of sp³-hybridized carbons (Fsp3) is 0.800. The Labute approximate surface area is 145 Å². The maximum atomic E-state index is 6.61. The lowest BCUT2D eigenvalue weighted by atomic mass is 9.85. The summed E-state index contributed by atoms with van der Waals surface area (Å²) in [5.41, 5.74) is 0. The van der Waals surface area contributed by atoms with E-state index < -0.39 is 18.4 Å². The van der Waals surface area contributed by atoms with Crippen molar-refractivity contribution >= 4 is 92.8 Å². The van der Waals surface area contributed by atoms with E-state index in [9.17, 15) is 0 Å². The Hall–Kier alpha value is 2.06. The second-order valence-corrected chi connectivity index (χ2v) is 10.0. The molecular formula is C10H6Cl8. The highest BCUT2D eigenvalue weighted by molar-refractivity contribution is 6.66. The molecule has 2 bridgehead atoms. The summed E-state index contributed by atoms with van der Waals surface area (Å²) in [7, 11) is 0. The molecular weight excluding hydrogens is 404 g/mol. The molecule has 0 N–H and O–H groups in total. The summed E-state index contributed by atoms with van der Waals surface area (Å²) < 4.78 is -2.38. The van der Waals surface area contributed by atoms with Crippen LogP contribution in [0.1, 0.15) is 12.8 Å². The van der Waals surface area contributed by atoms with Crippen molar-refractivity contribution in [3.05, 3.63) is 10.1 Å². The second-order valence-electron chi connectivity index (χ2n) is 5.10. The Morgan fingerprint density at radius 3 is 1.39 bits per heavy atom. The van der Waals surface area contributed by atoms with Gasteiger partial charge in [0.2, 0.25) is 0 Å². The van der Waals surface area contributed by atoms with Crippen LogP contribution in [-0.4, -0.2) is 18.4 Å². The number of fused-ring (bicyclic) bond motifs is 5. The summed E-state index contributed by atoms with van der Waals surface area (Å²) in [6.45, 7) is 0. The zero-order valence-electron chi connectivity index (χ0n) is 8.59. The number of alkyl halides is 6. The van der Waals surface area contributed by atoms with Gasteiger partial charge in [-0.3, -0.25) is 0 Å². The number of hydrogen-bond acceptors (Lipinski definition) is 0.